The first kappa shape index (κ1) is 9.74. The maximum absolute atomic E-state index is 6.13. The fourth-order valence-corrected chi connectivity index (χ4v) is 2.17. The Labute approximate surface area is 95.2 Å². The molecule has 2 nitrogen and oxygen atoms in total. The number of aryl methyl sites for hydroxylation is 1. The number of anilines is 1. The van der Waals surface area contributed by atoms with E-state index >= 15 is 0 Å². The highest BCUT2D eigenvalue weighted by molar-refractivity contribution is 9.10. The van der Waals surface area contributed by atoms with Gasteiger partial charge < -0.3 is 5.73 Å². The number of nitrogens with zero attached hydrogens (tertiary/aromatic N) is 1. The second-order valence-electron chi connectivity index (χ2n) is 3.15. The van der Waals surface area contributed by atoms with Gasteiger partial charge in [0.15, 0.2) is 0 Å². The largest absolute Gasteiger partial charge is 0.397 e. The lowest BCUT2D eigenvalue weighted by Gasteiger charge is -2.06. The summed E-state index contributed by atoms with van der Waals surface area (Å²) in [5, 5.41) is 1.55. The predicted octanol–water partition coefficient (Wildman–Crippen LogP) is 3.54. The van der Waals surface area contributed by atoms with E-state index in [9.17, 15) is 0 Å². The summed E-state index contributed by atoms with van der Waals surface area (Å²) in [5.41, 5.74) is 8.25. The molecule has 2 rings (SSSR count). The first-order chi connectivity index (χ1) is 6.59. The lowest BCUT2D eigenvalue weighted by atomic mass is 10.1. The summed E-state index contributed by atoms with van der Waals surface area (Å²) in [6.45, 7) is 1.99. The van der Waals surface area contributed by atoms with Crippen molar-refractivity contribution in [1.29, 1.82) is 0 Å². The topological polar surface area (TPSA) is 38.9 Å². The van der Waals surface area contributed by atoms with Crippen molar-refractivity contribution in [3.8, 4) is 0 Å². The van der Waals surface area contributed by atoms with E-state index < -0.39 is 0 Å². The van der Waals surface area contributed by atoms with Gasteiger partial charge in [0.1, 0.15) is 0 Å². The normalized spacial score (nSPS) is 10.8. The van der Waals surface area contributed by atoms with E-state index in [4.69, 9.17) is 17.3 Å². The Hall–Kier alpha value is -0.800. The molecule has 1 heterocycles. The molecule has 0 fully saturated rings. The van der Waals surface area contributed by atoms with E-state index in [1.807, 2.05) is 19.1 Å². The highest BCUT2D eigenvalue weighted by Crippen LogP contribution is 2.33. The molecule has 0 aliphatic rings. The van der Waals surface area contributed by atoms with Gasteiger partial charge in [0.25, 0.3) is 0 Å². The molecule has 0 saturated carbocycles. The monoisotopic (exact) mass is 270 g/mol. The molecule has 0 bridgehead atoms. The van der Waals surface area contributed by atoms with Crippen LogP contribution in [0.4, 0.5) is 5.69 Å². The number of rotatable bonds is 0. The van der Waals surface area contributed by atoms with E-state index in [2.05, 4.69) is 20.9 Å². The molecule has 72 valence electrons. The molecule has 1 aromatic carbocycles. The van der Waals surface area contributed by atoms with Crippen molar-refractivity contribution < 1.29 is 0 Å². The van der Waals surface area contributed by atoms with E-state index in [-0.39, 0.29) is 0 Å². The molecule has 0 saturated heterocycles. The van der Waals surface area contributed by atoms with Crippen LogP contribution in [-0.4, -0.2) is 4.98 Å². The highest BCUT2D eigenvalue weighted by atomic mass is 79.9. The van der Waals surface area contributed by atoms with Crippen LogP contribution in [0.25, 0.3) is 10.9 Å². The Morgan fingerprint density at radius 1 is 1.43 bits per heavy atom. The maximum atomic E-state index is 6.13. The SMILES string of the molecule is Cc1cc(Br)c(Cl)c2cc(N)cnc12. The van der Waals surface area contributed by atoms with Gasteiger partial charge in [0, 0.05) is 9.86 Å². The summed E-state index contributed by atoms with van der Waals surface area (Å²) in [6.07, 6.45) is 1.64. The third-order valence-electron chi connectivity index (χ3n) is 2.07. The van der Waals surface area contributed by atoms with E-state index in [0.717, 1.165) is 20.9 Å². The predicted molar refractivity (Wildman–Crippen MR) is 63.6 cm³/mol. The number of pyridine rings is 1. The van der Waals surface area contributed by atoms with Crippen molar-refractivity contribution in [2.45, 2.75) is 6.92 Å². The zero-order chi connectivity index (χ0) is 10.3. The Bertz CT molecular complexity index is 511. The van der Waals surface area contributed by atoms with Crippen LogP contribution in [-0.2, 0) is 0 Å². The van der Waals surface area contributed by atoms with Gasteiger partial charge >= 0.3 is 0 Å². The second-order valence-corrected chi connectivity index (χ2v) is 4.39. The summed E-state index contributed by atoms with van der Waals surface area (Å²) in [7, 11) is 0. The van der Waals surface area contributed by atoms with Gasteiger partial charge in [-0.05, 0) is 40.5 Å². The maximum Gasteiger partial charge on any atom is 0.0748 e. The minimum Gasteiger partial charge on any atom is -0.397 e. The Morgan fingerprint density at radius 3 is 2.86 bits per heavy atom. The van der Waals surface area contributed by atoms with Gasteiger partial charge in [-0.3, -0.25) is 4.98 Å². The second kappa shape index (κ2) is 3.41. The molecule has 0 aliphatic heterocycles. The van der Waals surface area contributed by atoms with E-state index in [1.54, 1.807) is 6.20 Å². The van der Waals surface area contributed by atoms with Gasteiger partial charge in [-0.1, -0.05) is 11.6 Å². The van der Waals surface area contributed by atoms with Gasteiger partial charge in [-0.25, -0.2) is 0 Å². The molecule has 0 unspecified atom stereocenters. The van der Waals surface area contributed by atoms with Crippen molar-refractivity contribution in [3.05, 3.63) is 33.4 Å². The first-order valence-electron chi connectivity index (χ1n) is 4.09. The molecular formula is C10H8BrClN2. The number of halogens is 2. The molecule has 0 amide bonds. The van der Waals surface area contributed by atoms with E-state index in [1.165, 1.54) is 0 Å². The lowest BCUT2D eigenvalue weighted by molar-refractivity contribution is 1.36. The molecule has 2 aromatic rings. The molecule has 14 heavy (non-hydrogen) atoms. The average Bonchev–Trinajstić information content (AvgIpc) is 2.14. The summed E-state index contributed by atoms with van der Waals surface area (Å²) >= 11 is 9.52. The average molecular weight is 272 g/mol. The van der Waals surface area contributed by atoms with Crippen LogP contribution in [0, 0.1) is 6.92 Å². The fraction of sp³-hybridized carbons (Fsp3) is 0.100. The molecule has 4 heteroatoms. The minimum absolute atomic E-state index is 0.622. The summed E-state index contributed by atoms with van der Waals surface area (Å²) in [5.74, 6) is 0. The Kier molecular flexibility index (Phi) is 2.37. The van der Waals surface area contributed by atoms with E-state index in [0.29, 0.717) is 10.7 Å². The van der Waals surface area contributed by atoms with Crippen LogP contribution in [0.5, 0.6) is 0 Å². The smallest absolute Gasteiger partial charge is 0.0748 e. The third-order valence-corrected chi connectivity index (χ3v) is 3.33. The van der Waals surface area contributed by atoms with Crippen LogP contribution >= 0.6 is 27.5 Å². The minimum atomic E-state index is 0.622. The number of hydrogen-bond donors (Lipinski definition) is 1. The van der Waals surface area contributed by atoms with Crippen molar-refractivity contribution in [2.75, 3.05) is 5.73 Å². The molecule has 0 radical (unpaired) electrons. The van der Waals surface area contributed by atoms with Crippen molar-refractivity contribution in [1.82, 2.24) is 4.98 Å². The fourth-order valence-electron chi connectivity index (χ4n) is 1.41. The highest BCUT2D eigenvalue weighted by Gasteiger charge is 2.07. The van der Waals surface area contributed by atoms with Crippen LogP contribution in [0.15, 0.2) is 22.8 Å². The van der Waals surface area contributed by atoms with Gasteiger partial charge in [-0.15, -0.1) is 0 Å². The summed E-state index contributed by atoms with van der Waals surface area (Å²) < 4.78 is 0.872. The van der Waals surface area contributed by atoms with Crippen LogP contribution in [0.3, 0.4) is 0 Å². The molecule has 1 aromatic heterocycles. The van der Waals surface area contributed by atoms with Crippen molar-refractivity contribution >= 4 is 44.1 Å². The van der Waals surface area contributed by atoms with Gasteiger partial charge in [0.05, 0.1) is 22.4 Å². The van der Waals surface area contributed by atoms with Gasteiger partial charge in [-0.2, -0.15) is 0 Å². The quantitative estimate of drug-likeness (QED) is 0.796. The molecule has 2 N–H and O–H groups in total. The van der Waals surface area contributed by atoms with Crippen LogP contribution in [0.2, 0.25) is 5.02 Å². The van der Waals surface area contributed by atoms with Crippen LogP contribution in [0.1, 0.15) is 5.56 Å². The number of hydrogen-bond acceptors (Lipinski definition) is 2. The molecule has 0 aliphatic carbocycles. The van der Waals surface area contributed by atoms with Gasteiger partial charge in [0.2, 0.25) is 0 Å². The first-order valence-corrected chi connectivity index (χ1v) is 5.26. The number of fused-ring (bicyclic) bond motifs is 1. The zero-order valence-electron chi connectivity index (χ0n) is 7.51. The number of nitrogen functional groups attached to an aromatic ring is 1. The zero-order valence-corrected chi connectivity index (χ0v) is 9.85. The molecule has 0 spiro atoms. The van der Waals surface area contributed by atoms with Crippen molar-refractivity contribution in [3.63, 3.8) is 0 Å². The molecule has 0 atom stereocenters. The Morgan fingerprint density at radius 2 is 2.14 bits per heavy atom. The standard InChI is InChI=1S/C10H8BrClN2/c1-5-2-8(11)9(12)7-3-6(13)4-14-10(5)7/h2-4H,13H2,1H3. The third kappa shape index (κ3) is 1.47. The molecular weight excluding hydrogens is 263 g/mol. The number of aromatic nitrogens is 1. The summed E-state index contributed by atoms with van der Waals surface area (Å²) in [4.78, 5) is 4.25. The Balaban J connectivity index is 2.95. The lowest BCUT2D eigenvalue weighted by Crippen LogP contribution is -1.90. The summed E-state index contributed by atoms with van der Waals surface area (Å²) in [6, 6.07) is 3.79. The van der Waals surface area contributed by atoms with Crippen molar-refractivity contribution in [2.24, 2.45) is 0 Å². The number of benzene rings is 1. The number of nitrogens with two attached hydrogens (primary N) is 1. The van der Waals surface area contributed by atoms with Crippen LogP contribution < -0.4 is 5.73 Å².